The van der Waals surface area contributed by atoms with Crippen LogP contribution < -0.4 is 4.90 Å². The average Bonchev–Trinajstić information content (AvgIpc) is 3.48. The molecule has 3 aliphatic rings. The van der Waals surface area contributed by atoms with Crippen molar-refractivity contribution in [1.29, 1.82) is 0 Å². The van der Waals surface area contributed by atoms with Crippen molar-refractivity contribution in [2.75, 3.05) is 37.6 Å². The van der Waals surface area contributed by atoms with Crippen molar-refractivity contribution in [3.63, 3.8) is 0 Å². The van der Waals surface area contributed by atoms with E-state index in [1.54, 1.807) is 0 Å². The van der Waals surface area contributed by atoms with Gasteiger partial charge in [-0.2, -0.15) is 0 Å². The molecule has 5 heteroatoms. The Hall–Kier alpha value is -2.40. The molecule has 0 atom stereocenters. The number of nitrogens with zero attached hydrogens (tertiary/aromatic N) is 4. The van der Waals surface area contributed by atoms with E-state index in [0.717, 1.165) is 51.3 Å². The maximum absolute atomic E-state index is 13.2. The molecule has 140 valence electrons. The summed E-state index contributed by atoms with van der Waals surface area (Å²) in [5.74, 6) is 0.202. The van der Waals surface area contributed by atoms with Gasteiger partial charge in [0.25, 0.3) is 5.91 Å². The van der Waals surface area contributed by atoms with Crippen LogP contribution in [0.1, 0.15) is 34.3 Å². The van der Waals surface area contributed by atoms with Gasteiger partial charge in [-0.25, -0.2) is 0 Å². The van der Waals surface area contributed by atoms with Crippen molar-refractivity contribution in [1.82, 2.24) is 14.8 Å². The van der Waals surface area contributed by atoms with E-state index in [2.05, 4.69) is 31.8 Å². The van der Waals surface area contributed by atoms with E-state index in [0.29, 0.717) is 6.04 Å². The fourth-order valence-corrected chi connectivity index (χ4v) is 4.46. The molecule has 1 saturated carbocycles. The molecule has 2 aromatic rings. The highest BCUT2D eigenvalue weighted by atomic mass is 16.2. The Morgan fingerprint density at radius 2 is 2.04 bits per heavy atom. The van der Waals surface area contributed by atoms with E-state index in [1.807, 2.05) is 30.6 Å². The molecule has 0 unspecified atom stereocenters. The Morgan fingerprint density at radius 1 is 1.11 bits per heavy atom. The minimum absolute atomic E-state index is 0.202. The third-order valence-electron chi connectivity index (χ3n) is 6.07. The fraction of sp³-hybridized carbons (Fsp3) is 0.455. The standard InChI is InChI=1S/C22H26N4O/c27-22-20-5-1-4-18-8-10-24(21(18)20)11-12-25(22)13-14-26(19-6-7-19)16-17-3-2-9-23-15-17/h1-5,9,15,19H,6-8,10-14,16H2. The topological polar surface area (TPSA) is 39.7 Å². The summed E-state index contributed by atoms with van der Waals surface area (Å²) in [5, 5.41) is 0. The monoisotopic (exact) mass is 362 g/mol. The first-order chi connectivity index (χ1) is 13.3. The molecule has 5 nitrogen and oxygen atoms in total. The number of carbonyl (C=O) groups excluding carboxylic acids is 1. The molecule has 3 heterocycles. The fourth-order valence-electron chi connectivity index (χ4n) is 4.46. The Morgan fingerprint density at radius 3 is 2.85 bits per heavy atom. The zero-order valence-corrected chi connectivity index (χ0v) is 15.7. The summed E-state index contributed by atoms with van der Waals surface area (Å²) in [6, 6.07) is 11.0. The first-order valence-electron chi connectivity index (χ1n) is 10.1. The smallest absolute Gasteiger partial charge is 0.256 e. The van der Waals surface area contributed by atoms with Crippen LogP contribution in [0.25, 0.3) is 0 Å². The van der Waals surface area contributed by atoms with Crippen LogP contribution in [0, 0.1) is 0 Å². The van der Waals surface area contributed by atoms with Crippen molar-refractivity contribution in [2.45, 2.75) is 31.8 Å². The number of carbonyl (C=O) groups is 1. The van der Waals surface area contributed by atoms with E-state index in [4.69, 9.17) is 0 Å². The number of hydrogen-bond acceptors (Lipinski definition) is 4. The van der Waals surface area contributed by atoms with Crippen LogP contribution in [0.2, 0.25) is 0 Å². The maximum atomic E-state index is 13.2. The number of amides is 1. The van der Waals surface area contributed by atoms with Crippen LogP contribution in [0.3, 0.4) is 0 Å². The summed E-state index contributed by atoms with van der Waals surface area (Å²) in [5.41, 5.74) is 4.67. The second-order valence-corrected chi connectivity index (χ2v) is 7.91. The van der Waals surface area contributed by atoms with Gasteiger partial charge in [-0.3, -0.25) is 14.7 Å². The van der Waals surface area contributed by atoms with Crippen LogP contribution in [-0.2, 0) is 13.0 Å². The lowest BCUT2D eigenvalue weighted by Gasteiger charge is -2.27. The van der Waals surface area contributed by atoms with Crippen molar-refractivity contribution in [3.05, 3.63) is 59.4 Å². The lowest BCUT2D eigenvalue weighted by Crippen LogP contribution is -2.41. The van der Waals surface area contributed by atoms with E-state index < -0.39 is 0 Å². The Kier molecular flexibility index (Phi) is 4.32. The lowest BCUT2D eigenvalue weighted by molar-refractivity contribution is 0.0741. The van der Waals surface area contributed by atoms with Crippen LogP contribution in [-0.4, -0.2) is 59.5 Å². The molecule has 2 aliphatic heterocycles. The predicted molar refractivity (Wildman–Crippen MR) is 106 cm³/mol. The third kappa shape index (κ3) is 3.32. The Labute approximate surface area is 160 Å². The zero-order chi connectivity index (χ0) is 18.2. The second kappa shape index (κ2) is 6.97. The van der Waals surface area contributed by atoms with Crippen LogP contribution in [0.4, 0.5) is 5.69 Å². The van der Waals surface area contributed by atoms with Gasteiger partial charge in [-0.05, 0) is 42.5 Å². The summed E-state index contributed by atoms with van der Waals surface area (Å²) < 4.78 is 0. The molecule has 1 amide bonds. The van der Waals surface area contributed by atoms with Gasteiger partial charge in [0, 0.05) is 57.7 Å². The molecule has 1 aromatic heterocycles. The molecule has 1 aliphatic carbocycles. The van der Waals surface area contributed by atoms with Gasteiger partial charge >= 0.3 is 0 Å². The van der Waals surface area contributed by atoms with Crippen LogP contribution in [0.15, 0.2) is 42.7 Å². The molecule has 1 fully saturated rings. The molecule has 0 radical (unpaired) electrons. The molecular weight excluding hydrogens is 336 g/mol. The molecule has 0 saturated heterocycles. The Balaban J connectivity index is 1.30. The second-order valence-electron chi connectivity index (χ2n) is 7.91. The molecule has 0 spiro atoms. The zero-order valence-electron chi connectivity index (χ0n) is 15.7. The predicted octanol–water partition coefficient (Wildman–Crippen LogP) is 2.56. The maximum Gasteiger partial charge on any atom is 0.256 e. The molecule has 0 N–H and O–H groups in total. The number of benzene rings is 1. The van der Waals surface area contributed by atoms with Gasteiger partial charge in [-0.1, -0.05) is 18.2 Å². The highest BCUT2D eigenvalue weighted by Gasteiger charge is 2.33. The summed E-state index contributed by atoms with van der Waals surface area (Å²) in [6.45, 7) is 5.46. The molecule has 5 rings (SSSR count). The van der Waals surface area contributed by atoms with Gasteiger partial charge < -0.3 is 9.80 Å². The van der Waals surface area contributed by atoms with Crippen molar-refractivity contribution >= 4 is 11.6 Å². The normalized spacial score (nSPS) is 18.8. The first-order valence-corrected chi connectivity index (χ1v) is 10.1. The minimum atomic E-state index is 0.202. The number of aromatic nitrogens is 1. The van der Waals surface area contributed by atoms with E-state index in [9.17, 15) is 4.79 Å². The van der Waals surface area contributed by atoms with Crippen molar-refractivity contribution in [2.24, 2.45) is 0 Å². The number of rotatable bonds is 6. The quantitative estimate of drug-likeness (QED) is 0.792. The number of para-hydroxylation sites is 1. The largest absolute Gasteiger partial charge is 0.369 e. The number of hydrogen-bond donors (Lipinski definition) is 0. The van der Waals surface area contributed by atoms with Crippen LogP contribution >= 0.6 is 0 Å². The van der Waals surface area contributed by atoms with Crippen molar-refractivity contribution in [3.8, 4) is 0 Å². The third-order valence-corrected chi connectivity index (χ3v) is 6.07. The highest BCUT2D eigenvalue weighted by molar-refractivity contribution is 6.01. The van der Waals surface area contributed by atoms with Gasteiger partial charge in [0.1, 0.15) is 0 Å². The first kappa shape index (κ1) is 16.8. The Bertz CT molecular complexity index is 833. The van der Waals surface area contributed by atoms with E-state index in [1.165, 1.54) is 29.7 Å². The number of pyridine rings is 1. The van der Waals surface area contributed by atoms with Crippen molar-refractivity contribution < 1.29 is 4.79 Å². The summed E-state index contributed by atoms with van der Waals surface area (Å²) in [4.78, 5) is 24.4. The van der Waals surface area contributed by atoms with Gasteiger partial charge in [-0.15, -0.1) is 0 Å². The van der Waals surface area contributed by atoms with Gasteiger partial charge in [0.15, 0.2) is 0 Å². The van der Waals surface area contributed by atoms with Crippen LogP contribution in [0.5, 0.6) is 0 Å². The highest BCUT2D eigenvalue weighted by Crippen LogP contribution is 2.34. The van der Waals surface area contributed by atoms with E-state index >= 15 is 0 Å². The summed E-state index contributed by atoms with van der Waals surface area (Å²) in [7, 11) is 0. The summed E-state index contributed by atoms with van der Waals surface area (Å²) >= 11 is 0. The lowest BCUT2D eigenvalue weighted by atomic mass is 10.1. The molecule has 1 aromatic carbocycles. The molecular formula is C22H26N4O. The molecule has 27 heavy (non-hydrogen) atoms. The van der Waals surface area contributed by atoms with Gasteiger partial charge in [0.2, 0.25) is 0 Å². The SMILES string of the molecule is O=C1c2cccc3c2N(CC3)CCN1CCN(Cc1cccnc1)C1CC1. The average molecular weight is 362 g/mol. The minimum Gasteiger partial charge on any atom is -0.369 e. The summed E-state index contributed by atoms with van der Waals surface area (Å²) in [6.07, 6.45) is 7.38. The van der Waals surface area contributed by atoms with Gasteiger partial charge in [0.05, 0.1) is 11.3 Å². The van der Waals surface area contributed by atoms with E-state index in [-0.39, 0.29) is 5.91 Å². The molecule has 0 bridgehead atoms. The number of anilines is 1.